The Morgan fingerprint density at radius 1 is 0.966 bits per heavy atom. The lowest BCUT2D eigenvalue weighted by Crippen LogP contribution is -2.50. The van der Waals surface area contributed by atoms with Crippen molar-refractivity contribution in [2.75, 3.05) is 6.61 Å². The largest absolute Gasteiger partial charge is 0.482 e. The molecule has 2 amide bonds. The van der Waals surface area contributed by atoms with E-state index >= 15 is 0 Å². The number of nitrogens with zero attached hydrogens (tertiary/aromatic N) is 1. The highest BCUT2D eigenvalue weighted by molar-refractivity contribution is 6.36. The SMILES string of the molecule is CC(C)NC(=O)C(C)N(Cc1c(Cl)cccc1Cl)C(=O)COc1ccccc1Cl. The van der Waals surface area contributed by atoms with Crippen molar-refractivity contribution >= 4 is 46.6 Å². The Balaban J connectivity index is 2.24. The molecular formula is C21H23Cl3N2O3. The Bertz CT molecular complexity index is 854. The van der Waals surface area contributed by atoms with Gasteiger partial charge < -0.3 is 15.0 Å². The van der Waals surface area contributed by atoms with Crippen LogP contribution < -0.4 is 10.1 Å². The van der Waals surface area contributed by atoms with Crippen LogP contribution in [0.15, 0.2) is 42.5 Å². The van der Waals surface area contributed by atoms with E-state index in [-0.39, 0.29) is 25.1 Å². The number of para-hydroxylation sites is 1. The minimum absolute atomic E-state index is 0.0646. The molecule has 0 aliphatic rings. The van der Waals surface area contributed by atoms with Gasteiger partial charge in [-0.2, -0.15) is 0 Å². The second-order valence-electron chi connectivity index (χ2n) is 6.78. The van der Waals surface area contributed by atoms with E-state index in [0.717, 1.165) is 0 Å². The normalized spacial score (nSPS) is 11.8. The van der Waals surface area contributed by atoms with Crippen LogP contribution in [0.4, 0.5) is 0 Å². The highest BCUT2D eigenvalue weighted by Gasteiger charge is 2.28. The smallest absolute Gasteiger partial charge is 0.261 e. The van der Waals surface area contributed by atoms with Gasteiger partial charge in [-0.15, -0.1) is 0 Å². The maximum atomic E-state index is 13.0. The van der Waals surface area contributed by atoms with Gasteiger partial charge in [-0.3, -0.25) is 9.59 Å². The molecule has 2 aromatic rings. The zero-order chi connectivity index (χ0) is 21.6. The van der Waals surface area contributed by atoms with Gasteiger partial charge in [0, 0.05) is 28.2 Å². The minimum Gasteiger partial charge on any atom is -0.482 e. The molecule has 0 fully saturated rings. The summed E-state index contributed by atoms with van der Waals surface area (Å²) in [5.41, 5.74) is 0.561. The Kier molecular flexibility index (Phi) is 8.62. The Morgan fingerprint density at radius 2 is 1.55 bits per heavy atom. The second kappa shape index (κ2) is 10.7. The van der Waals surface area contributed by atoms with Crippen molar-refractivity contribution in [3.8, 4) is 5.75 Å². The van der Waals surface area contributed by atoms with E-state index in [2.05, 4.69) is 5.32 Å². The van der Waals surface area contributed by atoms with Gasteiger partial charge >= 0.3 is 0 Å². The van der Waals surface area contributed by atoms with Gasteiger partial charge in [0.1, 0.15) is 11.8 Å². The standard InChI is InChI=1S/C21H23Cl3N2O3/c1-13(2)25-21(28)14(3)26(11-15-16(22)8-6-9-17(15)23)20(27)12-29-19-10-5-4-7-18(19)24/h4-10,13-14H,11-12H2,1-3H3,(H,25,28). The number of benzene rings is 2. The fourth-order valence-electron chi connectivity index (χ4n) is 2.63. The molecule has 0 heterocycles. The molecule has 1 N–H and O–H groups in total. The van der Waals surface area contributed by atoms with Gasteiger partial charge in [0.2, 0.25) is 5.91 Å². The van der Waals surface area contributed by atoms with Crippen LogP contribution in [0, 0.1) is 0 Å². The third-order valence-electron chi connectivity index (χ3n) is 4.18. The fraction of sp³-hybridized carbons (Fsp3) is 0.333. The second-order valence-corrected chi connectivity index (χ2v) is 8.00. The predicted octanol–water partition coefficient (Wildman–Crippen LogP) is 4.97. The summed E-state index contributed by atoms with van der Waals surface area (Å²) in [5, 5.41) is 4.04. The van der Waals surface area contributed by atoms with Crippen LogP contribution in [0.2, 0.25) is 15.1 Å². The summed E-state index contributed by atoms with van der Waals surface area (Å²) in [7, 11) is 0. The molecular weight excluding hydrogens is 435 g/mol. The fourth-order valence-corrected chi connectivity index (χ4v) is 3.33. The number of hydrogen-bond acceptors (Lipinski definition) is 3. The van der Waals surface area contributed by atoms with Crippen molar-refractivity contribution in [1.29, 1.82) is 0 Å². The van der Waals surface area contributed by atoms with Gasteiger partial charge in [0.05, 0.1) is 5.02 Å². The predicted molar refractivity (Wildman–Crippen MR) is 117 cm³/mol. The molecule has 2 rings (SSSR count). The van der Waals surface area contributed by atoms with Gasteiger partial charge in [-0.05, 0) is 45.0 Å². The molecule has 0 spiro atoms. The minimum atomic E-state index is -0.757. The van der Waals surface area contributed by atoms with Crippen LogP contribution in [0.3, 0.4) is 0 Å². The van der Waals surface area contributed by atoms with E-state index in [4.69, 9.17) is 39.5 Å². The van der Waals surface area contributed by atoms with Crippen LogP contribution in [-0.2, 0) is 16.1 Å². The highest BCUT2D eigenvalue weighted by atomic mass is 35.5. The van der Waals surface area contributed by atoms with Gasteiger partial charge in [-0.1, -0.05) is 53.0 Å². The molecule has 5 nitrogen and oxygen atoms in total. The molecule has 0 saturated carbocycles. The molecule has 1 atom stereocenters. The van der Waals surface area contributed by atoms with Crippen LogP contribution in [0.5, 0.6) is 5.75 Å². The molecule has 2 aromatic carbocycles. The highest BCUT2D eigenvalue weighted by Crippen LogP contribution is 2.27. The van der Waals surface area contributed by atoms with E-state index in [1.165, 1.54) is 4.90 Å². The van der Waals surface area contributed by atoms with Crippen molar-refractivity contribution in [1.82, 2.24) is 10.2 Å². The molecule has 8 heteroatoms. The van der Waals surface area contributed by atoms with Crippen molar-refractivity contribution in [2.24, 2.45) is 0 Å². The number of hydrogen-bond donors (Lipinski definition) is 1. The van der Waals surface area contributed by atoms with Crippen molar-refractivity contribution in [2.45, 2.75) is 39.4 Å². The summed E-state index contributed by atoms with van der Waals surface area (Å²) >= 11 is 18.6. The molecule has 0 bridgehead atoms. The molecule has 0 aliphatic heterocycles. The summed E-state index contributed by atoms with van der Waals surface area (Å²) in [6.07, 6.45) is 0. The first kappa shape index (κ1) is 23.3. The number of halogens is 3. The van der Waals surface area contributed by atoms with Crippen LogP contribution in [0.1, 0.15) is 26.3 Å². The number of ether oxygens (including phenoxy) is 1. The average molecular weight is 458 g/mol. The lowest BCUT2D eigenvalue weighted by molar-refractivity contribution is -0.142. The summed E-state index contributed by atoms with van der Waals surface area (Å²) in [4.78, 5) is 26.9. The van der Waals surface area contributed by atoms with Crippen molar-refractivity contribution in [3.05, 3.63) is 63.1 Å². The molecule has 0 aliphatic carbocycles. The van der Waals surface area contributed by atoms with E-state index in [1.54, 1.807) is 49.4 Å². The van der Waals surface area contributed by atoms with Crippen LogP contribution in [0.25, 0.3) is 0 Å². The Morgan fingerprint density at radius 3 is 2.14 bits per heavy atom. The first-order valence-electron chi connectivity index (χ1n) is 9.10. The monoisotopic (exact) mass is 456 g/mol. The molecule has 0 saturated heterocycles. The summed E-state index contributed by atoms with van der Waals surface area (Å²) in [6, 6.07) is 11.1. The molecule has 156 valence electrons. The Hall–Kier alpha value is -1.95. The van der Waals surface area contributed by atoms with E-state index in [0.29, 0.717) is 26.4 Å². The lowest BCUT2D eigenvalue weighted by Gasteiger charge is -2.30. The number of carbonyl (C=O) groups excluding carboxylic acids is 2. The van der Waals surface area contributed by atoms with Crippen LogP contribution in [-0.4, -0.2) is 35.4 Å². The zero-order valence-corrected chi connectivity index (χ0v) is 18.7. The number of rotatable bonds is 8. The van der Waals surface area contributed by atoms with E-state index in [1.807, 2.05) is 13.8 Å². The summed E-state index contributed by atoms with van der Waals surface area (Å²) < 4.78 is 5.57. The van der Waals surface area contributed by atoms with Gasteiger partial charge in [-0.25, -0.2) is 0 Å². The zero-order valence-electron chi connectivity index (χ0n) is 16.4. The third kappa shape index (κ3) is 6.53. The van der Waals surface area contributed by atoms with Gasteiger partial charge in [0.25, 0.3) is 5.91 Å². The van der Waals surface area contributed by atoms with E-state index in [9.17, 15) is 9.59 Å². The van der Waals surface area contributed by atoms with Crippen LogP contribution >= 0.6 is 34.8 Å². The van der Waals surface area contributed by atoms with Crippen molar-refractivity contribution < 1.29 is 14.3 Å². The quantitative estimate of drug-likeness (QED) is 0.609. The van der Waals surface area contributed by atoms with Gasteiger partial charge in [0.15, 0.2) is 6.61 Å². The third-order valence-corrected chi connectivity index (χ3v) is 5.20. The number of carbonyl (C=O) groups is 2. The topological polar surface area (TPSA) is 58.6 Å². The molecule has 1 unspecified atom stereocenters. The summed E-state index contributed by atoms with van der Waals surface area (Å²) in [6.45, 7) is 5.13. The maximum absolute atomic E-state index is 13.0. The average Bonchev–Trinajstić information content (AvgIpc) is 2.66. The summed E-state index contributed by atoms with van der Waals surface area (Å²) in [5.74, 6) is -0.292. The Labute approximate surface area is 185 Å². The maximum Gasteiger partial charge on any atom is 0.261 e. The van der Waals surface area contributed by atoms with Crippen molar-refractivity contribution in [3.63, 3.8) is 0 Å². The molecule has 0 aromatic heterocycles. The lowest BCUT2D eigenvalue weighted by atomic mass is 10.1. The first-order chi connectivity index (χ1) is 13.7. The first-order valence-corrected chi connectivity index (χ1v) is 10.2. The van der Waals surface area contributed by atoms with E-state index < -0.39 is 11.9 Å². The molecule has 29 heavy (non-hydrogen) atoms. The molecule has 0 radical (unpaired) electrons. The number of nitrogens with one attached hydrogen (secondary N) is 1. The number of amides is 2.